The van der Waals surface area contributed by atoms with Gasteiger partial charge >= 0.3 is 0 Å². The standard InChI is InChI=1S/C16H13F2N3O/c1-10(12-6-5-11(17)8-13(12)18)19-16(22)14-9-21-7-3-2-4-15(21)20-14/h2-10H,1H3,(H,19,22)/t10-/m0/s1. The van der Waals surface area contributed by atoms with Crippen LogP contribution >= 0.6 is 0 Å². The van der Waals surface area contributed by atoms with Gasteiger partial charge in [-0.05, 0) is 25.1 Å². The minimum atomic E-state index is -0.692. The van der Waals surface area contributed by atoms with E-state index < -0.39 is 23.6 Å². The lowest BCUT2D eigenvalue weighted by Crippen LogP contribution is -2.27. The maximum absolute atomic E-state index is 13.7. The highest BCUT2D eigenvalue weighted by Crippen LogP contribution is 2.18. The van der Waals surface area contributed by atoms with Crippen LogP contribution in [0.15, 0.2) is 48.8 Å². The molecule has 1 aromatic carbocycles. The summed E-state index contributed by atoms with van der Waals surface area (Å²) in [5.74, 6) is -1.76. The van der Waals surface area contributed by atoms with E-state index >= 15 is 0 Å². The van der Waals surface area contributed by atoms with Crippen molar-refractivity contribution in [2.24, 2.45) is 0 Å². The van der Waals surface area contributed by atoms with Crippen LogP contribution in [0.25, 0.3) is 5.65 Å². The Labute approximate surface area is 125 Å². The molecule has 112 valence electrons. The average molecular weight is 301 g/mol. The fourth-order valence-electron chi connectivity index (χ4n) is 2.25. The molecule has 0 bridgehead atoms. The van der Waals surface area contributed by atoms with Gasteiger partial charge in [0.05, 0.1) is 6.04 Å². The highest BCUT2D eigenvalue weighted by atomic mass is 19.1. The molecular weight excluding hydrogens is 288 g/mol. The molecule has 0 fully saturated rings. The molecular formula is C16H13F2N3O. The van der Waals surface area contributed by atoms with Crippen molar-refractivity contribution in [3.8, 4) is 0 Å². The summed E-state index contributed by atoms with van der Waals surface area (Å²) >= 11 is 0. The molecule has 0 radical (unpaired) electrons. The van der Waals surface area contributed by atoms with Crippen molar-refractivity contribution in [3.05, 3.63) is 71.7 Å². The van der Waals surface area contributed by atoms with E-state index in [2.05, 4.69) is 10.3 Å². The van der Waals surface area contributed by atoms with E-state index in [1.807, 2.05) is 12.1 Å². The van der Waals surface area contributed by atoms with Crippen LogP contribution in [0, 0.1) is 11.6 Å². The number of aromatic nitrogens is 2. The Kier molecular flexibility index (Phi) is 3.58. The van der Waals surface area contributed by atoms with Gasteiger partial charge < -0.3 is 9.72 Å². The molecule has 0 spiro atoms. The van der Waals surface area contributed by atoms with Gasteiger partial charge in [-0.3, -0.25) is 4.79 Å². The molecule has 3 aromatic rings. The van der Waals surface area contributed by atoms with Crippen LogP contribution in [0.3, 0.4) is 0 Å². The summed E-state index contributed by atoms with van der Waals surface area (Å²) < 4.78 is 28.3. The molecule has 3 rings (SSSR count). The predicted octanol–water partition coefficient (Wildman–Crippen LogP) is 3.10. The number of nitrogens with one attached hydrogen (secondary N) is 1. The van der Waals surface area contributed by atoms with Gasteiger partial charge in [0.25, 0.3) is 5.91 Å². The summed E-state index contributed by atoms with van der Waals surface area (Å²) in [5.41, 5.74) is 1.10. The van der Waals surface area contributed by atoms with E-state index in [4.69, 9.17) is 0 Å². The maximum atomic E-state index is 13.7. The molecule has 1 N–H and O–H groups in total. The first-order valence-corrected chi connectivity index (χ1v) is 6.74. The number of imidazole rings is 1. The number of amides is 1. The van der Waals surface area contributed by atoms with Crippen molar-refractivity contribution in [2.75, 3.05) is 0 Å². The first kappa shape index (κ1) is 14.2. The van der Waals surface area contributed by atoms with Gasteiger partial charge in [-0.15, -0.1) is 0 Å². The van der Waals surface area contributed by atoms with Crippen LogP contribution in [0.2, 0.25) is 0 Å². The van der Waals surface area contributed by atoms with Gasteiger partial charge in [0.1, 0.15) is 23.0 Å². The van der Waals surface area contributed by atoms with Crippen molar-refractivity contribution in [1.29, 1.82) is 0 Å². The summed E-state index contributed by atoms with van der Waals surface area (Å²) in [6, 6.07) is 8.10. The molecule has 0 aliphatic carbocycles. The second-order valence-electron chi connectivity index (χ2n) is 4.95. The molecule has 4 nitrogen and oxygen atoms in total. The predicted molar refractivity (Wildman–Crippen MR) is 77.4 cm³/mol. The van der Waals surface area contributed by atoms with Gasteiger partial charge in [0.2, 0.25) is 0 Å². The van der Waals surface area contributed by atoms with Crippen LogP contribution in [-0.4, -0.2) is 15.3 Å². The van der Waals surface area contributed by atoms with Crippen LogP contribution in [0.4, 0.5) is 8.78 Å². The quantitative estimate of drug-likeness (QED) is 0.808. The Balaban J connectivity index is 1.81. The van der Waals surface area contributed by atoms with E-state index in [0.717, 1.165) is 12.1 Å². The van der Waals surface area contributed by atoms with Crippen molar-refractivity contribution in [2.45, 2.75) is 13.0 Å². The second-order valence-corrected chi connectivity index (χ2v) is 4.95. The zero-order valence-corrected chi connectivity index (χ0v) is 11.8. The Morgan fingerprint density at radius 3 is 2.82 bits per heavy atom. The van der Waals surface area contributed by atoms with E-state index in [0.29, 0.717) is 5.65 Å². The summed E-state index contributed by atoms with van der Waals surface area (Å²) in [4.78, 5) is 16.4. The normalized spacial score (nSPS) is 12.3. The third kappa shape index (κ3) is 2.67. The highest BCUT2D eigenvalue weighted by molar-refractivity contribution is 5.93. The molecule has 0 saturated carbocycles. The zero-order chi connectivity index (χ0) is 15.7. The minimum Gasteiger partial charge on any atom is -0.344 e. The number of fused-ring (bicyclic) bond motifs is 1. The largest absolute Gasteiger partial charge is 0.344 e. The second kappa shape index (κ2) is 5.55. The number of rotatable bonds is 3. The third-order valence-corrected chi connectivity index (χ3v) is 3.37. The maximum Gasteiger partial charge on any atom is 0.271 e. The number of hydrogen-bond donors (Lipinski definition) is 1. The SMILES string of the molecule is C[C@H](NC(=O)c1cn2ccccc2n1)c1ccc(F)cc1F. The Bertz CT molecular complexity index is 811. The number of carbonyl (C=O) groups excluding carboxylic acids is 1. The Hall–Kier alpha value is -2.76. The van der Waals surface area contributed by atoms with Crippen LogP contribution in [-0.2, 0) is 0 Å². The monoisotopic (exact) mass is 301 g/mol. The number of halogens is 2. The fraction of sp³-hybridized carbons (Fsp3) is 0.125. The third-order valence-electron chi connectivity index (χ3n) is 3.37. The van der Waals surface area contributed by atoms with Gasteiger partial charge in [-0.25, -0.2) is 13.8 Å². The highest BCUT2D eigenvalue weighted by Gasteiger charge is 2.17. The number of carbonyl (C=O) groups is 1. The van der Waals surface area contributed by atoms with Crippen molar-refractivity contribution < 1.29 is 13.6 Å². The molecule has 2 heterocycles. The number of pyridine rings is 1. The minimum absolute atomic E-state index is 0.221. The number of hydrogen-bond acceptors (Lipinski definition) is 2. The summed E-state index contributed by atoms with van der Waals surface area (Å²) in [5, 5.41) is 2.66. The number of nitrogens with zero attached hydrogens (tertiary/aromatic N) is 2. The molecule has 0 saturated heterocycles. The van der Waals surface area contributed by atoms with Gasteiger partial charge in [0.15, 0.2) is 0 Å². The molecule has 0 aliphatic rings. The Morgan fingerprint density at radius 2 is 2.09 bits per heavy atom. The lowest BCUT2D eigenvalue weighted by Gasteiger charge is -2.14. The molecule has 6 heteroatoms. The van der Waals surface area contributed by atoms with Gasteiger partial charge in [0, 0.05) is 24.0 Å². The molecule has 22 heavy (non-hydrogen) atoms. The molecule has 1 amide bonds. The zero-order valence-electron chi connectivity index (χ0n) is 11.8. The summed E-state index contributed by atoms with van der Waals surface area (Å²) in [6.45, 7) is 1.63. The lowest BCUT2D eigenvalue weighted by atomic mass is 10.1. The molecule has 1 atom stereocenters. The fourth-order valence-corrected chi connectivity index (χ4v) is 2.25. The average Bonchev–Trinajstić information content (AvgIpc) is 2.91. The van der Waals surface area contributed by atoms with Crippen molar-refractivity contribution in [1.82, 2.24) is 14.7 Å². The van der Waals surface area contributed by atoms with Crippen LogP contribution in [0.5, 0.6) is 0 Å². The summed E-state index contributed by atoms with van der Waals surface area (Å²) in [7, 11) is 0. The lowest BCUT2D eigenvalue weighted by molar-refractivity contribution is 0.0935. The smallest absolute Gasteiger partial charge is 0.271 e. The van der Waals surface area contributed by atoms with Crippen LogP contribution < -0.4 is 5.32 Å². The van der Waals surface area contributed by atoms with Gasteiger partial charge in [-0.2, -0.15) is 0 Å². The van der Waals surface area contributed by atoms with Crippen molar-refractivity contribution in [3.63, 3.8) is 0 Å². The van der Waals surface area contributed by atoms with E-state index in [1.165, 1.54) is 6.07 Å². The summed E-state index contributed by atoms with van der Waals surface area (Å²) in [6.07, 6.45) is 3.38. The Morgan fingerprint density at radius 1 is 1.27 bits per heavy atom. The topological polar surface area (TPSA) is 46.4 Å². The van der Waals surface area contributed by atoms with Crippen LogP contribution in [0.1, 0.15) is 29.0 Å². The van der Waals surface area contributed by atoms with Crippen molar-refractivity contribution >= 4 is 11.6 Å². The van der Waals surface area contributed by atoms with E-state index in [9.17, 15) is 13.6 Å². The van der Waals surface area contributed by atoms with Gasteiger partial charge in [-0.1, -0.05) is 12.1 Å². The molecule has 0 unspecified atom stereocenters. The number of benzene rings is 1. The van der Waals surface area contributed by atoms with E-state index in [-0.39, 0.29) is 11.3 Å². The molecule has 2 aromatic heterocycles. The molecule has 0 aliphatic heterocycles. The first-order valence-electron chi connectivity index (χ1n) is 6.74. The first-order chi connectivity index (χ1) is 10.5. The van der Waals surface area contributed by atoms with E-state index in [1.54, 1.807) is 29.8 Å².